The largest absolute Gasteiger partial charge is 0.411 e. The molecule has 1 heterocycles. The van der Waals surface area contributed by atoms with Crippen molar-refractivity contribution in [2.75, 3.05) is 11.1 Å². The molecule has 128 valence electrons. The molecular formula is C18H16IN3O2S. The molecule has 5 nitrogen and oxygen atoms in total. The van der Waals surface area contributed by atoms with Crippen molar-refractivity contribution in [1.29, 1.82) is 0 Å². The molecule has 0 atom stereocenters. The number of amides is 1. The van der Waals surface area contributed by atoms with Gasteiger partial charge >= 0.3 is 0 Å². The predicted octanol–water partition coefficient (Wildman–Crippen LogP) is 4.69. The van der Waals surface area contributed by atoms with Crippen LogP contribution in [0.4, 0.5) is 5.69 Å². The van der Waals surface area contributed by atoms with Gasteiger partial charge in [0.2, 0.25) is 11.8 Å². The highest BCUT2D eigenvalue weighted by atomic mass is 127. The SMILES string of the molecule is Cc1cc(I)cc(C)c1NC(=O)CSc1nnc(-c2ccccc2)o1. The molecule has 0 aliphatic carbocycles. The normalized spacial score (nSPS) is 10.7. The Bertz CT molecular complexity index is 873. The second-order valence-corrected chi connectivity index (χ2v) is 7.66. The van der Waals surface area contributed by atoms with Crippen LogP contribution in [0.1, 0.15) is 11.1 Å². The van der Waals surface area contributed by atoms with E-state index in [4.69, 9.17) is 4.42 Å². The first-order chi connectivity index (χ1) is 12.0. The number of benzene rings is 2. The van der Waals surface area contributed by atoms with Gasteiger partial charge in [-0.25, -0.2) is 0 Å². The average Bonchev–Trinajstić information content (AvgIpc) is 3.06. The van der Waals surface area contributed by atoms with Gasteiger partial charge in [0, 0.05) is 14.8 Å². The molecule has 0 bridgehead atoms. The first-order valence-corrected chi connectivity index (χ1v) is 9.67. The molecule has 0 spiro atoms. The molecule has 0 aliphatic heterocycles. The molecule has 7 heteroatoms. The molecule has 0 saturated heterocycles. The Morgan fingerprint density at radius 1 is 1.16 bits per heavy atom. The Morgan fingerprint density at radius 2 is 1.84 bits per heavy atom. The zero-order chi connectivity index (χ0) is 17.8. The number of nitrogens with zero attached hydrogens (tertiary/aromatic N) is 2. The molecule has 3 aromatic rings. The summed E-state index contributed by atoms with van der Waals surface area (Å²) in [6.45, 7) is 3.98. The van der Waals surface area contributed by atoms with Crippen LogP contribution in [-0.2, 0) is 4.79 Å². The number of halogens is 1. The third-order valence-corrected chi connectivity index (χ3v) is 4.96. The molecule has 3 rings (SSSR count). The number of hydrogen-bond acceptors (Lipinski definition) is 5. The van der Waals surface area contributed by atoms with E-state index in [-0.39, 0.29) is 11.7 Å². The maximum atomic E-state index is 12.2. The van der Waals surface area contributed by atoms with Gasteiger partial charge in [0.25, 0.3) is 5.22 Å². The topological polar surface area (TPSA) is 68.0 Å². The molecule has 25 heavy (non-hydrogen) atoms. The van der Waals surface area contributed by atoms with Crippen LogP contribution in [0, 0.1) is 17.4 Å². The van der Waals surface area contributed by atoms with Gasteiger partial charge in [0.15, 0.2) is 0 Å². The molecule has 0 saturated carbocycles. The molecule has 1 aromatic heterocycles. The van der Waals surface area contributed by atoms with Crippen LogP contribution in [0.25, 0.3) is 11.5 Å². The van der Waals surface area contributed by atoms with Crippen LogP contribution < -0.4 is 5.32 Å². The molecule has 1 N–H and O–H groups in total. The predicted molar refractivity (Wildman–Crippen MR) is 108 cm³/mol. The minimum atomic E-state index is -0.100. The van der Waals surface area contributed by atoms with Gasteiger partial charge in [-0.15, -0.1) is 10.2 Å². The van der Waals surface area contributed by atoms with Crippen LogP contribution in [0.15, 0.2) is 52.1 Å². The number of hydrogen-bond donors (Lipinski definition) is 1. The lowest BCUT2D eigenvalue weighted by Gasteiger charge is -2.11. The summed E-state index contributed by atoms with van der Waals surface area (Å²) in [7, 11) is 0. The van der Waals surface area contributed by atoms with E-state index in [1.54, 1.807) is 0 Å². The summed E-state index contributed by atoms with van der Waals surface area (Å²) in [6.07, 6.45) is 0. The Balaban J connectivity index is 1.61. The third kappa shape index (κ3) is 4.60. The van der Waals surface area contributed by atoms with Crippen molar-refractivity contribution in [2.45, 2.75) is 19.1 Å². The highest BCUT2D eigenvalue weighted by Crippen LogP contribution is 2.25. The van der Waals surface area contributed by atoms with E-state index < -0.39 is 0 Å². The Kier molecular flexibility index (Phi) is 5.74. The zero-order valence-electron chi connectivity index (χ0n) is 13.7. The van der Waals surface area contributed by atoms with Gasteiger partial charge in [0.05, 0.1) is 5.75 Å². The van der Waals surface area contributed by atoms with E-state index in [2.05, 4.69) is 38.1 Å². The summed E-state index contributed by atoms with van der Waals surface area (Å²) in [5, 5.41) is 11.3. The van der Waals surface area contributed by atoms with Crippen molar-refractivity contribution in [3.63, 3.8) is 0 Å². The number of thioether (sulfide) groups is 1. The van der Waals surface area contributed by atoms with Gasteiger partial charge in [-0.05, 0) is 71.8 Å². The Hall–Kier alpha value is -1.87. The van der Waals surface area contributed by atoms with Crippen molar-refractivity contribution in [3.8, 4) is 11.5 Å². The van der Waals surface area contributed by atoms with Gasteiger partial charge in [-0.1, -0.05) is 30.0 Å². The number of aromatic nitrogens is 2. The molecule has 0 radical (unpaired) electrons. The first kappa shape index (κ1) is 17.9. The van der Waals surface area contributed by atoms with E-state index in [9.17, 15) is 4.79 Å². The molecule has 0 fully saturated rings. The lowest BCUT2D eigenvalue weighted by molar-refractivity contribution is -0.113. The maximum Gasteiger partial charge on any atom is 0.277 e. The summed E-state index contributed by atoms with van der Waals surface area (Å²) in [5.74, 6) is 0.561. The number of carbonyl (C=O) groups excluding carboxylic acids is 1. The molecule has 1 amide bonds. The van der Waals surface area contributed by atoms with Gasteiger partial charge in [0.1, 0.15) is 0 Å². The molecule has 0 aliphatic rings. The van der Waals surface area contributed by atoms with Gasteiger partial charge in [-0.2, -0.15) is 0 Å². The number of rotatable bonds is 5. The second kappa shape index (κ2) is 8.01. The fourth-order valence-electron chi connectivity index (χ4n) is 2.38. The van der Waals surface area contributed by atoms with Crippen LogP contribution in [-0.4, -0.2) is 21.9 Å². The van der Waals surface area contributed by atoms with Crippen molar-refractivity contribution in [2.24, 2.45) is 0 Å². The minimum absolute atomic E-state index is 0.100. The van der Waals surface area contributed by atoms with E-state index in [1.807, 2.05) is 56.3 Å². The number of nitrogens with one attached hydrogen (secondary N) is 1. The molecular weight excluding hydrogens is 449 g/mol. The summed E-state index contributed by atoms with van der Waals surface area (Å²) in [5.41, 5.74) is 3.82. The third-order valence-electron chi connectivity index (χ3n) is 3.52. The summed E-state index contributed by atoms with van der Waals surface area (Å²) in [6, 6.07) is 13.6. The van der Waals surface area contributed by atoms with Crippen molar-refractivity contribution >= 4 is 45.9 Å². The van der Waals surface area contributed by atoms with E-state index in [0.29, 0.717) is 11.1 Å². The van der Waals surface area contributed by atoms with Gasteiger partial charge < -0.3 is 9.73 Å². The van der Waals surface area contributed by atoms with E-state index in [0.717, 1.165) is 25.9 Å². The quantitative estimate of drug-likeness (QED) is 0.438. The average molecular weight is 465 g/mol. The van der Waals surface area contributed by atoms with Crippen LogP contribution >= 0.6 is 34.4 Å². The highest BCUT2D eigenvalue weighted by molar-refractivity contribution is 14.1. The Labute approximate surface area is 163 Å². The smallest absolute Gasteiger partial charge is 0.277 e. The highest BCUT2D eigenvalue weighted by Gasteiger charge is 2.13. The lowest BCUT2D eigenvalue weighted by atomic mass is 10.1. The molecule has 2 aromatic carbocycles. The zero-order valence-corrected chi connectivity index (χ0v) is 16.7. The van der Waals surface area contributed by atoms with Gasteiger partial charge in [-0.3, -0.25) is 4.79 Å². The summed E-state index contributed by atoms with van der Waals surface area (Å²) >= 11 is 3.49. The van der Waals surface area contributed by atoms with Crippen LogP contribution in [0.5, 0.6) is 0 Å². The van der Waals surface area contributed by atoms with E-state index >= 15 is 0 Å². The van der Waals surface area contributed by atoms with Crippen molar-refractivity contribution < 1.29 is 9.21 Å². The summed E-state index contributed by atoms with van der Waals surface area (Å²) in [4.78, 5) is 12.2. The number of anilines is 1. The first-order valence-electron chi connectivity index (χ1n) is 7.61. The lowest BCUT2D eigenvalue weighted by Crippen LogP contribution is -2.16. The standard InChI is InChI=1S/C18H16IN3O2S/c1-11-8-14(19)9-12(2)16(11)20-15(23)10-25-18-22-21-17(24-18)13-6-4-3-5-7-13/h3-9H,10H2,1-2H3,(H,20,23). The molecule has 0 unspecified atom stereocenters. The van der Waals surface area contributed by atoms with Crippen LogP contribution in [0.3, 0.4) is 0 Å². The van der Waals surface area contributed by atoms with Crippen LogP contribution in [0.2, 0.25) is 0 Å². The maximum absolute atomic E-state index is 12.2. The summed E-state index contributed by atoms with van der Waals surface area (Å²) < 4.78 is 6.75. The fraction of sp³-hybridized carbons (Fsp3) is 0.167. The Morgan fingerprint density at radius 3 is 2.52 bits per heavy atom. The van der Waals surface area contributed by atoms with E-state index in [1.165, 1.54) is 11.8 Å². The fourth-order valence-corrected chi connectivity index (χ4v) is 3.87. The number of aryl methyl sites for hydroxylation is 2. The number of carbonyl (C=O) groups is 1. The van der Waals surface area contributed by atoms with Crippen molar-refractivity contribution in [1.82, 2.24) is 10.2 Å². The monoisotopic (exact) mass is 465 g/mol. The second-order valence-electron chi connectivity index (χ2n) is 5.49. The minimum Gasteiger partial charge on any atom is -0.411 e. The van der Waals surface area contributed by atoms with Crippen molar-refractivity contribution in [3.05, 3.63) is 57.2 Å².